The summed E-state index contributed by atoms with van der Waals surface area (Å²) in [7, 11) is 0. The molecule has 0 unspecified atom stereocenters. The van der Waals surface area contributed by atoms with Crippen molar-refractivity contribution in [1.29, 1.82) is 0 Å². The average Bonchev–Trinajstić information content (AvgIpc) is 3.05. The molecular weight excluding hydrogens is 596 g/mol. The Morgan fingerprint density at radius 1 is 0.447 bits per heavy atom. The van der Waals surface area contributed by atoms with E-state index in [4.69, 9.17) is 18.9 Å². The molecule has 0 radical (unpaired) electrons. The lowest BCUT2D eigenvalue weighted by Gasteiger charge is -2.11. The van der Waals surface area contributed by atoms with Crippen molar-refractivity contribution in [3.63, 3.8) is 0 Å². The fraction of sp³-hybridized carbons (Fsp3) is 0.744. The van der Waals surface area contributed by atoms with Crippen LogP contribution in [0.25, 0.3) is 0 Å². The van der Waals surface area contributed by atoms with Crippen LogP contribution < -0.4 is 9.47 Å². The van der Waals surface area contributed by atoms with Crippen molar-refractivity contribution >= 4 is 23.9 Å². The number of rotatable bonds is 30. The molecule has 8 nitrogen and oxygen atoms in total. The smallest absolute Gasteiger partial charge is 0.311 e. The molecule has 0 atom stereocenters. The van der Waals surface area contributed by atoms with Crippen molar-refractivity contribution < 1.29 is 38.1 Å². The van der Waals surface area contributed by atoms with Gasteiger partial charge in [0.05, 0.1) is 38.9 Å². The number of hydrogen-bond donors (Lipinski definition) is 0. The highest BCUT2D eigenvalue weighted by Crippen LogP contribution is 2.29. The van der Waals surface area contributed by atoms with Gasteiger partial charge in [-0.25, -0.2) is 0 Å². The third-order valence-electron chi connectivity index (χ3n) is 8.14. The zero-order chi connectivity index (χ0) is 34.4. The van der Waals surface area contributed by atoms with Crippen LogP contribution in [0.15, 0.2) is 18.2 Å². The summed E-state index contributed by atoms with van der Waals surface area (Å²) in [6.07, 6.45) is 23.6. The maximum atomic E-state index is 12.5. The van der Waals surface area contributed by atoms with Gasteiger partial charge in [0.1, 0.15) is 0 Å². The molecule has 0 aliphatic rings. The van der Waals surface area contributed by atoms with Gasteiger partial charge < -0.3 is 18.9 Å². The second-order valence-electron chi connectivity index (χ2n) is 12.7. The molecule has 268 valence electrons. The fourth-order valence-electron chi connectivity index (χ4n) is 5.23. The SMILES string of the molecule is CCCCCCCCCCCCOC(=O)CCC(=O)Oc1ccc(C)cc1OC(=O)CCC(=O)OCCCCCCCCCCCC. The number of ether oxygens (including phenoxy) is 4. The Labute approximate surface area is 285 Å². The van der Waals surface area contributed by atoms with Gasteiger partial charge in [0, 0.05) is 0 Å². The predicted molar refractivity (Wildman–Crippen MR) is 187 cm³/mol. The van der Waals surface area contributed by atoms with E-state index >= 15 is 0 Å². The van der Waals surface area contributed by atoms with Gasteiger partial charge in [-0.1, -0.05) is 135 Å². The number of benzene rings is 1. The van der Waals surface area contributed by atoms with Crippen molar-refractivity contribution in [2.45, 2.75) is 175 Å². The highest BCUT2D eigenvalue weighted by atomic mass is 16.6. The first kappa shape index (κ1) is 42.1. The third kappa shape index (κ3) is 24.9. The normalized spacial score (nSPS) is 10.9. The Balaban J connectivity index is 2.21. The highest BCUT2D eigenvalue weighted by Gasteiger charge is 2.17. The van der Waals surface area contributed by atoms with Gasteiger partial charge in [0.15, 0.2) is 11.5 Å². The minimum absolute atomic E-state index is 0.0798. The number of unbranched alkanes of at least 4 members (excludes halogenated alkanes) is 18. The first-order valence-electron chi connectivity index (χ1n) is 18.7. The van der Waals surface area contributed by atoms with Crippen LogP contribution in [-0.2, 0) is 28.7 Å². The molecule has 0 spiro atoms. The second kappa shape index (κ2) is 29.3. The summed E-state index contributed by atoms with van der Waals surface area (Å²) in [5.74, 6) is -1.96. The summed E-state index contributed by atoms with van der Waals surface area (Å²) in [5, 5.41) is 0. The lowest BCUT2D eigenvalue weighted by molar-refractivity contribution is -0.147. The van der Waals surface area contributed by atoms with Gasteiger partial charge in [-0.05, 0) is 37.5 Å². The largest absolute Gasteiger partial charge is 0.466 e. The number of carbonyl (C=O) groups is 4. The van der Waals surface area contributed by atoms with Gasteiger partial charge in [0.2, 0.25) is 0 Å². The first-order chi connectivity index (χ1) is 22.8. The van der Waals surface area contributed by atoms with Crippen LogP contribution in [0.3, 0.4) is 0 Å². The summed E-state index contributed by atoms with van der Waals surface area (Å²) < 4.78 is 21.3. The summed E-state index contributed by atoms with van der Waals surface area (Å²) in [6, 6.07) is 4.86. The molecule has 1 aromatic rings. The zero-order valence-electron chi connectivity index (χ0n) is 29.9. The summed E-state index contributed by atoms with van der Waals surface area (Å²) in [5.41, 5.74) is 0.805. The Hall–Kier alpha value is -2.90. The van der Waals surface area contributed by atoms with E-state index < -0.39 is 23.9 Å². The van der Waals surface area contributed by atoms with Crippen LogP contribution in [-0.4, -0.2) is 37.1 Å². The molecule has 0 heterocycles. The van der Waals surface area contributed by atoms with Gasteiger partial charge in [-0.15, -0.1) is 0 Å². The molecule has 0 amide bonds. The summed E-state index contributed by atoms with van der Waals surface area (Å²) in [6.45, 7) is 6.98. The molecule has 0 saturated heterocycles. The van der Waals surface area contributed by atoms with Crippen LogP contribution >= 0.6 is 0 Å². The van der Waals surface area contributed by atoms with E-state index in [1.54, 1.807) is 18.2 Å². The monoisotopic (exact) mass is 660 g/mol. The van der Waals surface area contributed by atoms with Crippen molar-refractivity contribution in [3.05, 3.63) is 23.8 Å². The molecule has 0 N–H and O–H groups in total. The Kier molecular flexibility index (Phi) is 26.2. The molecule has 47 heavy (non-hydrogen) atoms. The highest BCUT2D eigenvalue weighted by molar-refractivity contribution is 5.81. The zero-order valence-corrected chi connectivity index (χ0v) is 29.9. The average molecular weight is 661 g/mol. The maximum Gasteiger partial charge on any atom is 0.311 e. The van der Waals surface area contributed by atoms with E-state index in [2.05, 4.69) is 13.8 Å². The van der Waals surface area contributed by atoms with Gasteiger partial charge in [-0.2, -0.15) is 0 Å². The van der Waals surface area contributed by atoms with Gasteiger partial charge in [-0.3, -0.25) is 19.2 Å². The van der Waals surface area contributed by atoms with E-state index in [-0.39, 0.29) is 37.2 Å². The van der Waals surface area contributed by atoms with Crippen LogP contribution in [0.4, 0.5) is 0 Å². The van der Waals surface area contributed by atoms with E-state index in [1.165, 1.54) is 89.9 Å². The van der Waals surface area contributed by atoms with E-state index in [0.29, 0.717) is 13.2 Å². The van der Waals surface area contributed by atoms with Crippen molar-refractivity contribution in [1.82, 2.24) is 0 Å². The van der Waals surface area contributed by atoms with Crippen LogP contribution in [0, 0.1) is 6.92 Å². The lowest BCUT2D eigenvalue weighted by Crippen LogP contribution is -2.15. The Bertz CT molecular complexity index is 989. The quantitative estimate of drug-likeness (QED) is 0.0456. The molecule has 0 aliphatic heterocycles. The first-order valence-corrected chi connectivity index (χ1v) is 18.7. The van der Waals surface area contributed by atoms with Crippen molar-refractivity contribution in [2.24, 2.45) is 0 Å². The molecule has 0 fully saturated rings. The minimum atomic E-state index is -0.627. The topological polar surface area (TPSA) is 105 Å². The number of carbonyl (C=O) groups excluding carboxylic acids is 4. The minimum Gasteiger partial charge on any atom is -0.466 e. The van der Waals surface area contributed by atoms with E-state index in [1.807, 2.05) is 6.92 Å². The molecule has 0 aliphatic carbocycles. The second-order valence-corrected chi connectivity index (χ2v) is 12.7. The number of hydrogen-bond acceptors (Lipinski definition) is 8. The molecule has 1 aromatic carbocycles. The van der Waals surface area contributed by atoms with Crippen LogP contribution in [0.1, 0.15) is 174 Å². The molecule has 0 saturated carbocycles. The summed E-state index contributed by atoms with van der Waals surface area (Å²) >= 11 is 0. The number of aryl methyl sites for hydroxylation is 1. The predicted octanol–water partition coefficient (Wildman–Crippen LogP) is 10.3. The van der Waals surface area contributed by atoms with Crippen molar-refractivity contribution in [2.75, 3.05) is 13.2 Å². The Morgan fingerprint density at radius 2 is 0.787 bits per heavy atom. The van der Waals surface area contributed by atoms with Crippen molar-refractivity contribution in [3.8, 4) is 11.5 Å². The third-order valence-corrected chi connectivity index (χ3v) is 8.14. The van der Waals surface area contributed by atoms with Gasteiger partial charge in [0.25, 0.3) is 0 Å². The molecular formula is C39H64O8. The molecule has 8 heteroatoms. The standard InChI is InChI=1S/C39H64O8/c1-4-6-8-10-12-14-16-18-20-22-30-44-36(40)26-28-38(42)46-34-25-24-33(3)32-35(34)47-39(43)29-27-37(41)45-31-23-21-19-17-15-13-11-9-7-5-2/h24-25,32H,4-23,26-31H2,1-3H3. The van der Waals surface area contributed by atoms with Crippen LogP contribution in [0.2, 0.25) is 0 Å². The van der Waals surface area contributed by atoms with Gasteiger partial charge >= 0.3 is 23.9 Å². The molecule has 1 rings (SSSR count). The maximum absolute atomic E-state index is 12.5. The number of esters is 4. The Morgan fingerprint density at radius 3 is 1.19 bits per heavy atom. The molecule has 0 aromatic heterocycles. The fourth-order valence-corrected chi connectivity index (χ4v) is 5.23. The van der Waals surface area contributed by atoms with Crippen LogP contribution in [0.5, 0.6) is 11.5 Å². The summed E-state index contributed by atoms with van der Waals surface area (Å²) in [4.78, 5) is 49.1. The van der Waals surface area contributed by atoms with E-state index in [0.717, 1.165) is 44.1 Å². The lowest BCUT2D eigenvalue weighted by atomic mass is 10.1. The molecule has 0 bridgehead atoms. The van der Waals surface area contributed by atoms with E-state index in [9.17, 15) is 19.2 Å².